The quantitative estimate of drug-likeness (QED) is 0.570. The van der Waals surface area contributed by atoms with Crippen LogP contribution in [-0.2, 0) is 0 Å². The van der Waals surface area contributed by atoms with Crippen LogP contribution < -0.4 is 0 Å². The molecule has 1 aliphatic rings. The summed E-state index contributed by atoms with van der Waals surface area (Å²) in [5, 5.41) is 0. The number of benzene rings is 1. The van der Waals surface area contributed by atoms with Gasteiger partial charge in [0.1, 0.15) is 0 Å². The monoisotopic (exact) mass is 215 g/mol. The summed E-state index contributed by atoms with van der Waals surface area (Å²) < 4.78 is 0. The molecule has 1 aromatic rings. The SMILES string of the molecule is C/C=C1/CCN(CC(=O)c2ccccc2)C1. The number of allylic oxidation sites excluding steroid dienone is 1. The van der Waals surface area contributed by atoms with Crippen molar-refractivity contribution in [1.82, 2.24) is 4.90 Å². The first-order chi connectivity index (χ1) is 7.79. The summed E-state index contributed by atoms with van der Waals surface area (Å²) in [6, 6.07) is 9.53. The van der Waals surface area contributed by atoms with Crippen molar-refractivity contribution in [3.8, 4) is 0 Å². The Labute approximate surface area is 96.6 Å². The molecule has 0 saturated carbocycles. The maximum absolute atomic E-state index is 11.9. The molecule has 0 spiro atoms. The minimum atomic E-state index is 0.220. The van der Waals surface area contributed by atoms with Crippen LogP contribution in [0.1, 0.15) is 23.7 Å². The van der Waals surface area contributed by atoms with Gasteiger partial charge < -0.3 is 0 Å². The summed E-state index contributed by atoms with van der Waals surface area (Å²) in [5.41, 5.74) is 2.26. The largest absolute Gasteiger partial charge is 0.293 e. The summed E-state index contributed by atoms with van der Waals surface area (Å²) in [6.07, 6.45) is 3.27. The second-order valence-corrected chi connectivity index (χ2v) is 4.20. The zero-order valence-corrected chi connectivity index (χ0v) is 9.65. The van der Waals surface area contributed by atoms with E-state index in [4.69, 9.17) is 0 Å². The lowest BCUT2D eigenvalue weighted by Crippen LogP contribution is -2.27. The third-order valence-electron chi connectivity index (χ3n) is 3.05. The van der Waals surface area contributed by atoms with Gasteiger partial charge in [-0.2, -0.15) is 0 Å². The van der Waals surface area contributed by atoms with Gasteiger partial charge in [0.25, 0.3) is 0 Å². The first-order valence-corrected chi connectivity index (χ1v) is 5.74. The second-order valence-electron chi connectivity index (χ2n) is 4.20. The Morgan fingerprint density at radius 1 is 1.38 bits per heavy atom. The lowest BCUT2D eigenvalue weighted by atomic mass is 10.1. The molecule has 2 nitrogen and oxygen atoms in total. The van der Waals surface area contributed by atoms with E-state index in [1.165, 1.54) is 5.57 Å². The molecule has 16 heavy (non-hydrogen) atoms. The summed E-state index contributed by atoms with van der Waals surface area (Å²) in [4.78, 5) is 14.1. The molecule has 0 atom stereocenters. The maximum atomic E-state index is 11.9. The first kappa shape index (κ1) is 11.1. The molecule has 84 valence electrons. The predicted octanol–water partition coefficient (Wildman–Crippen LogP) is 2.52. The number of hydrogen-bond donors (Lipinski definition) is 0. The topological polar surface area (TPSA) is 20.3 Å². The van der Waals surface area contributed by atoms with E-state index in [1.54, 1.807) is 0 Å². The fourth-order valence-corrected chi connectivity index (χ4v) is 2.04. The number of ketones is 1. The average molecular weight is 215 g/mol. The van der Waals surface area contributed by atoms with Crippen molar-refractivity contribution in [2.75, 3.05) is 19.6 Å². The molecule has 1 aromatic carbocycles. The number of likely N-dealkylation sites (tertiary alicyclic amines) is 1. The molecule has 0 N–H and O–H groups in total. The van der Waals surface area contributed by atoms with Crippen LogP contribution in [0, 0.1) is 0 Å². The van der Waals surface area contributed by atoms with Gasteiger partial charge in [-0.1, -0.05) is 42.0 Å². The Morgan fingerprint density at radius 3 is 2.75 bits per heavy atom. The van der Waals surface area contributed by atoms with Gasteiger partial charge in [-0.05, 0) is 13.3 Å². The Bertz CT molecular complexity index is 394. The van der Waals surface area contributed by atoms with Crippen molar-refractivity contribution in [2.24, 2.45) is 0 Å². The van der Waals surface area contributed by atoms with Crippen LogP contribution in [-0.4, -0.2) is 30.3 Å². The molecule has 1 fully saturated rings. The summed E-state index contributed by atoms with van der Waals surface area (Å²) in [6.45, 7) is 4.58. The van der Waals surface area contributed by atoms with E-state index in [0.29, 0.717) is 6.54 Å². The summed E-state index contributed by atoms with van der Waals surface area (Å²) >= 11 is 0. The smallest absolute Gasteiger partial charge is 0.176 e. The van der Waals surface area contributed by atoms with Gasteiger partial charge >= 0.3 is 0 Å². The molecular formula is C14H17NO. The van der Waals surface area contributed by atoms with E-state index >= 15 is 0 Å². The zero-order chi connectivity index (χ0) is 11.4. The van der Waals surface area contributed by atoms with Crippen LogP contribution in [0.3, 0.4) is 0 Å². The average Bonchev–Trinajstić information content (AvgIpc) is 2.78. The van der Waals surface area contributed by atoms with Crippen LogP contribution in [0.4, 0.5) is 0 Å². The van der Waals surface area contributed by atoms with E-state index < -0.39 is 0 Å². The van der Waals surface area contributed by atoms with Crippen LogP contribution >= 0.6 is 0 Å². The molecule has 0 radical (unpaired) electrons. The lowest BCUT2D eigenvalue weighted by Gasteiger charge is -2.12. The molecule has 0 unspecified atom stereocenters. The third-order valence-corrected chi connectivity index (χ3v) is 3.05. The number of rotatable bonds is 3. The maximum Gasteiger partial charge on any atom is 0.176 e. The van der Waals surface area contributed by atoms with Crippen molar-refractivity contribution in [1.29, 1.82) is 0 Å². The molecule has 0 aromatic heterocycles. The van der Waals surface area contributed by atoms with Gasteiger partial charge in [-0.15, -0.1) is 0 Å². The molecule has 2 heteroatoms. The van der Waals surface area contributed by atoms with Crippen LogP contribution in [0.25, 0.3) is 0 Å². The summed E-state index contributed by atoms with van der Waals surface area (Å²) in [5.74, 6) is 0.220. The van der Waals surface area contributed by atoms with E-state index in [-0.39, 0.29) is 5.78 Å². The molecule has 2 rings (SSSR count). The predicted molar refractivity (Wildman–Crippen MR) is 65.6 cm³/mol. The van der Waals surface area contributed by atoms with Crippen molar-refractivity contribution in [3.63, 3.8) is 0 Å². The van der Waals surface area contributed by atoms with Crippen LogP contribution in [0.2, 0.25) is 0 Å². The zero-order valence-electron chi connectivity index (χ0n) is 9.65. The van der Waals surface area contributed by atoms with Crippen LogP contribution in [0.5, 0.6) is 0 Å². The van der Waals surface area contributed by atoms with Gasteiger partial charge in [0.2, 0.25) is 0 Å². The Morgan fingerprint density at radius 2 is 2.12 bits per heavy atom. The second kappa shape index (κ2) is 5.08. The number of hydrogen-bond acceptors (Lipinski definition) is 2. The van der Waals surface area contributed by atoms with Crippen molar-refractivity contribution >= 4 is 5.78 Å². The van der Waals surface area contributed by atoms with E-state index in [9.17, 15) is 4.79 Å². The highest BCUT2D eigenvalue weighted by Gasteiger charge is 2.18. The van der Waals surface area contributed by atoms with Crippen molar-refractivity contribution in [3.05, 3.63) is 47.5 Å². The van der Waals surface area contributed by atoms with E-state index in [2.05, 4.69) is 17.9 Å². The van der Waals surface area contributed by atoms with Gasteiger partial charge in [0, 0.05) is 18.7 Å². The van der Waals surface area contributed by atoms with Gasteiger partial charge in [0.15, 0.2) is 5.78 Å². The van der Waals surface area contributed by atoms with Gasteiger partial charge in [0.05, 0.1) is 6.54 Å². The fourth-order valence-electron chi connectivity index (χ4n) is 2.04. The standard InChI is InChI=1S/C14H17NO/c1-2-12-8-9-15(10-12)11-14(16)13-6-4-3-5-7-13/h2-7H,8-11H2,1H3/b12-2-. The third kappa shape index (κ3) is 2.58. The first-order valence-electron chi connectivity index (χ1n) is 5.74. The normalized spacial score (nSPS) is 19.2. The Hall–Kier alpha value is -1.41. The lowest BCUT2D eigenvalue weighted by molar-refractivity contribution is 0.0946. The van der Waals surface area contributed by atoms with Crippen molar-refractivity contribution in [2.45, 2.75) is 13.3 Å². The van der Waals surface area contributed by atoms with Crippen LogP contribution in [0.15, 0.2) is 42.0 Å². The Kier molecular flexibility index (Phi) is 3.52. The molecule has 1 saturated heterocycles. The molecular weight excluding hydrogens is 198 g/mol. The van der Waals surface area contributed by atoms with Gasteiger partial charge in [-0.25, -0.2) is 0 Å². The number of carbonyl (C=O) groups is 1. The number of carbonyl (C=O) groups excluding carboxylic acids is 1. The highest BCUT2D eigenvalue weighted by Crippen LogP contribution is 2.15. The van der Waals surface area contributed by atoms with E-state index in [0.717, 1.165) is 25.1 Å². The molecule has 0 bridgehead atoms. The minimum absolute atomic E-state index is 0.220. The minimum Gasteiger partial charge on any atom is -0.293 e. The molecule has 0 aliphatic carbocycles. The highest BCUT2D eigenvalue weighted by molar-refractivity contribution is 5.97. The number of Topliss-reactive ketones (excluding diaryl/α,β-unsaturated/α-hetero) is 1. The summed E-state index contributed by atoms with van der Waals surface area (Å²) in [7, 11) is 0. The molecule has 1 heterocycles. The van der Waals surface area contributed by atoms with Gasteiger partial charge in [-0.3, -0.25) is 9.69 Å². The molecule has 1 aliphatic heterocycles. The van der Waals surface area contributed by atoms with Crippen molar-refractivity contribution < 1.29 is 4.79 Å². The Balaban J connectivity index is 1.94. The fraction of sp³-hybridized carbons (Fsp3) is 0.357. The highest BCUT2D eigenvalue weighted by atomic mass is 16.1. The van der Waals surface area contributed by atoms with E-state index in [1.807, 2.05) is 30.3 Å². The number of nitrogens with zero attached hydrogens (tertiary/aromatic N) is 1. The molecule has 0 amide bonds.